The number of alkyl halides is 1. The zero-order chi connectivity index (χ0) is 32.5. The van der Waals surface area contributed by atoms with Crippen molar-refractivity contribution in [1.82, 2.24) is 19.9 Å². The first kappa shape index (κ1) is 31.1. The van der Waals surface area contributed by atoms with Crippen molar-refractivity contribution in [1.29, 1.82) is 0 Å². The third kappa shape index (κ3) is 5.82. The molecule has 0 radical (unpaired) electrons. The van der Waals surface area contributed by atoms with Crippen LogP contribution in [0.3, 0.4) is 0 Å². The summed E-state index contributed by atoms with van der Waals surface area (Å²) in [7, 11) is 1.41. The van der Waals surface area contributed by atoms with Crippen LogP contribution in [0.15, 0.2) is 60.7 Å². The van der Waals surface area contributed by atoms with E-state index in [1.165, 1.54) is 13.2 Å². The highest BCUT2D eigenvalue weighted by atomic mass is 19.1. The molecular formula is C36H35F3N4O4. The summed E-state index contributed by atoms with van der Waals surface area (Å²) in [5, 5.41) is 10.8. The van der Waals surface area contributed by atoms with Gasteiger partial charge in [-0.15, -0.1) is 0 Å². The smallest absolute Gasteiger partial charge is 0.320 e. The van der Waals surface area contributed by atoms with Crippen molar-refractivity contribution in [3.63, 3.8) is 0 Å². The molecule has 7 rings (SSSR count). The number of aryl methyl sites for hydroxylation is 1. The fraction of sp³-hybridized carbons (Fsp3) is 0.361. The van der Waals surface area contributed by atoms with E-state index in [9.17, 15) is 9.50 Å². The van der Waals surface area contributed by atoms with Gasteiger partial charge in [0.05, 0.1) is 12.6 Å². The monoisotopic (exact) mass is 644 g/mol. The van der Waals surface area contributed by atoms with Gasteiger partial charge >= 0.3 is 6.01 Å². The van der Waals surface area contributed by atoms with Crippen molar-refractivity contribution in [3.05, 3.63) is 83.4 Å². The van der Waals surface area contributed by atoms with Crippen LogP contribution in [0.2, 0.25) is 0 Å². The Bertz CT molecular complexity index is 1930. The first-order valence-electron chi connectivity index (χ1n) is 15.9. The average molecular weight is 645 g/mol. The van der Waals surface area contributed by atoms with Crippen molar-refractivity contribution < 1.29 is 32.5 Å². The lowest BCUT2D eigenvalue weighted by Gasteiger charge is -2.30. The quantitative estimate of drug-likeness (QED) is 0.172. The number of hydrogen-bond acceptors (Lipinski definition) is 8. The van der Waals surface area contributed by atoms with Gasteiger partial charge in [-0.05, 0) is 60.2 Å². The van der Waals surface area contributed by atoms with E-state index in [0.717, 1.165) is 24.9 Å². The lowest BCUT2D eigenvalue weighted by atomic mass is 9.94. The van der Waals surface area contributed by atoms with Gasteiger partial charge in [0.1, 0.15) is 41.8 Å². The highest BCUT2D eigenvalue weighted by molar-refractivity contribution is 6.01. The van der Waals surface area contributed by atoms with Crippen molar-refractivity contribution in [2.24, 2.45) is 0 Å². The minimum atomic E-state index is -0.940. The van der Waals surface area contributed by atoms with Crippen LogP contribution < -0.4 is 14.2 Å². The summed E-state index contributed by atoms with van der Waals surface area (Å²) in [4.78, 5) is 15.8. The zero-order valence-corrected chi connectivity index (χ0v) is 26.0. The molecule has 1 N–H and O–H groups in total. The van der Waals surface area contributed by atoms with Crippen LogP contribution in [0.1, 0.15) is 36.8 Å². The number of aromatic nitrogens is 3. The molecule has 11 heteroatoms. The van der Waals surface area contributed by atoms with E-state index in [-0.39, 0.29) is 60.6 Å². The number of halogens is 3. The van der Waals surface area contributed by atoms with Crippen LogP contribution in [0.25, 0.3) is 32.9 Å². The minimum Gasteiger partial charge on any atom is -0.480 e. The Morgan fingerprint density at radius 1 is 0.957 bits per heavy atom. The molecule has 0 spiro atoms. The molecule has 0 unspecified atom stereocenters. The van der Waals surface area contributed by atoms with Gasteiger partial charge in [-0.25, -0.2) is 18.2 Å². The Balaban J connectivity index is 1.38. The number of ether oxygens (including phenoxy) is 3. The van der Waals surface area contributed by atoms with E-state index in [2.05, 4.69) is 19.9 Å². The molecule has 8 nitrogen and oxygen atoms in total. The number of nitrogens with zero attached hydrogens (tertiary/aromatic N) is 4. The maximum Gasteiger partial charge on any atom is 0.320 e. The van der Waals surface area contributed by atoms with Gasteiger partial charge in [0.25, 0.3) is 0 Å². The molecule has 0 saturated carbocycles. The Morgan fingerprint density at radius 3 is 2.62 bits per heavy atom. The van der Waals surface area contributed by atoms with Crippen LogP contribution >= 0.6 is 0 Å². The van der Waals surface area contributed by atoms with Gasteiger partial charge in [0, 0.05) is 25.1 Å². The number of hydrogen-bond donors (Lipinski definition) is 1. The highest BCUT2D eigenvalue weighted by Gasteiger charge is 2.49. The average Bonchev–Trinajstić information content (AvgIpc) is 3.62. The number of pyridine rings is 1. The molecule has 47 heavy (non-hydrogen) atoms. The SMILES string of the molecule is COc1nc(-c2cccc3ccc(F)c(CCCO)c23)c(F)c2nc(OC[C@@]34CCCN3C[C@H](F)C4)nc(OCc3ccccc3)c12. The number of benzene rings is 3. The highest BCUT2D eigenvalue weighted by Crippen LogP contribution is 2.43. The Hall–Kier alpha value is -4.48. The fourth-order valence-electron chi connectivity index (χ4n) is 7.09. The maximum atomic E-state index is 16.9. The number of fused-ring (bicyclic) bond motifs is 3. The Kier molecular flexibility index (Phi) is 8.59. The summed E-state index contributed by atoms with van der Waals surface area (Å²) in [5.74, 6) is -1.20. The van der Waals surface area contributed by atoms with Crippen LogP contribution in [0.4, 0.5) is 13.2 Å². The van der Waals surface area contributed by atoms with Gasteiger partial charge in [-0.2, -0.15) is 9.97 Å². The molecule has 2 saturated heterocycles. The van der Waals surface area contributed by atoms with Gasteiger partial charge in [-0.3, -0.25) is 4.90 Å². The van der Waals surface area contributed by atoms with E-state index in [1.807, 2.05) is 36.4 Å². The van der Waals surface area contributed by atoms with Gasteiger partial charge in [0.15, 0.2) is 5.82 Å². The largest absolute Gasteiger partial charge is 0.480 e. The van der Waals surface area contributed by atoms with E-state index in [0.29, 0.717) is 41.3 Å². The molecule has 0 aliphatic carbocycles. The Morgan fingerprint density at radius 2 is 1.81 bits per heavy atom. The molecule has 0 amide bonds. The fourth-order valence-corrected chi connectivity index (χ4v) is 7.09. The van der Waals surface area contributed by atoms with Crippen molar-refractivity contribution in [3.8, 4) is 29.0 Å². The Labute approximate surface area is 270 Å². The molecule has 2 fully saturated rings. The number of methoxy groups -OCH3 is 1. The molecule has 0 bridgehead atoms. The molecule has 244 valence electrons. The summed E-state index contributed by atoms with van der Waals surface area (Å²) in [6.07, 6.45) is 1.71. The van der Waals surface area contributed by atoms with E-state index in [1.54, 1.807) is 18.2 Å². The standard InChI is InChI=1S/C36H35F3N4O4/c1-45-33-29-32(30(39)31(40-33)26-11-5-10-23-13-14-27(38)25(28(23)26)12-6-17-44)41-35(42-34(29)46-20-22-8-3-2-4-9-22)47-21-36-15-7-16-43(36)19-24(37)18-36/h2-5,8-11,13-14,24,44H,6-7,12,15-21H2,1H3/t24-,36+/m1/s1. The second-order valence-corrected chi connectivity index (χ2v) is 12.2. The van der Waals surface area contributed by atoms with Crippen LogP contribution in [0, 0.1) is 11.6 Å². The molecular weight excluding hydrogens is 609 g/mol. The first-order valence-corrected chi connectivity index (χ1v) is 15.9. The lowest BCUT2D eigenvalue weighted by Crippen LogP contribution is -2.43. The van der Waals surface area contributed by atoms with E-state index in [4.69, 9.17) is 14.2 Å². The number of aliphatic hydroxyl groups excluding tert-OH is 1. The summed E-state index contributed by atoms with van der Waals surface area (Å²) < 4.78 is 64.6. The van der Waals surface area contributed by atoms with Crippen molar-refractivity contribution >= 4 is 21.7 Å². The molecule has 2 aliphatic heterocycles. The van der Waals surface area contributed by atoms with Gasteiger partial charge in [-0.1, -0.05) is 54.6 Å². The molecule has 2 aliphatic rings. The normalized spacial score (nSPS) is 19.4. The molecule has 4 heterocycles. The summed E-state index contributed by atoms with van der Waals surface area (Å²) in [6.45, 7) is 1.30. The number of aliphatic hydroxyl groups is 1. The first-order chi connectivity index (χ1) is 22.9. The summed E-state index contributed by atoms with van der Waals surface area (Å²) >= 11 is 0. The summed E-state index contributed by atoms with van der Waals surface area (Å²) in [5.41, 5.74) is 0.863. The van der Waals surface area contributed by atoms with E-state index >= 15 is 8.78 Å². The van der Waals surface area contributed by atoms with Crippen LogP contribution in [-0.4, -0.2) is 70.1 Å². The third-order valence-electron chi connectivity index (χ3n) is 9.28. The van der Waals surface area contributed by atoms with Gasteiger partial charge in [0.2, 0.25) is 11.8 Å². The molecule has 5 aromatic rings. The van der Waals surface area contributed by atoms with Crippen LogP contribution in [-0.2, 0) is 13.0 Å². The predicted molar refractivity (Wildman–Crippen MR) is 171 cm³/mol. The van der Waals surface area contributed by atoms with Gasteiger partial charge < -0.3 is 19.3 Å². The molecule has 3 aromatic carbocycles. The molecule has 2 atom stereocenters. The van der Waals surface area contributed by atoms with E-state index < -0.39 is 23.3 Å². The maximum absolute atomic E-state index is 16.9. The number of rotatable bonds is 11. The summed E-state index contributed by atoms with van der Waals surface area (Å²) in [6, 6.07) is 17.6. The lowest BCUT2D eigenvalue weighted by molar-refractivity contribution is 0.106. The second kappa shape index (κ2) is 13.0. The topological polar surface area (TPSA) is 89.8 Å². The van der Waals surface area contributed by atoms with Crippen LogP contribution in [0.5, 0.6) is 17.8 Å². The molecule has 2 aromatic heterocycles. The minimum absolute atomic E-state index is 0.0202. The zero-order valence-electron chi connectivity index (χ0n) is 26.0. The predicted octanol–water partition coefficient (Wildman–Crippen LogP) is 6.59. The second-order valence-electron chi connectivity index (χ2n) is 12.2. The third-order valence-corrected chi connectivity index (χ3v) is 9.28. The van der Waals surface area contributed by atoms with Crippen molar-refractivity contribution in [2.45, 2.75) is 50.4 Å². The van der Waals surface area contributed by atoms with Crippen molar-refractivity contribution in [2.75, 3.05) is 33.4 Å².